The Morgan fingerprint density at radius 3 is 2.56 bits per heavy atom. The zero-order valence-corrected chi connectivity index (χ0v) is 11.4. The third kappa shape index (κ3) is 2.93. The van der Waals surface area contributed by atoms with Crippen LogP contribution in [0.2, 0.25) is 0 Å². The van der Waals surface area contributed by atoms with Crippen molar-refractivity contribution in [1.29, 1.82) is 0 Å². The average Bonchev–Trinajstić information content (AvgIpc) is 2.33. The normalized spacial score (nSPS) is 22.8. The standard InChI is InChI=1S/C14H12BrF2N/c1-10(11-5-3-2-4-6-11)18-13-8-7-12(15)9-14(13,16)17/h2-9,13H,1H3. The summed E-state index contributed by atoms with van der Waals surface area (Å²) in [5, 5.41) is 0. The smallest absolute Gasteiger partial charge is 0.275 e. The molecule has 94 valence electrons. The summed E-state index contributed by atoms with van der Waals surface area (Å²) in [7, 11) is 0. The van der Waals surface area contributed by atoms with E-state index in [0.717, 1.165) is 11.6 Å². The second kappa shape index (κ2) is 5.14. The Balaban J connectivity index is 2.27. The lowest BCUT2D eigenvalue weighted by Crippen LogP contribution is -2.31. The van der Waals surface area contributed by atoms with Gasteiger partial charge >= 0.3 is 0 Å². The summed E-state index contributed by atoms with van der Waals surface area (Å²) in [4.78, 5) is 4.11. The van der Waals surface area contributed by atoms with E-state index in [1.54, 1.807) is 13.0 Å². The summed E-state index contributed by atoms with van der Waals surface area (Å²) >= 11 is 3.05. The van der Waals surface area contributed by atoms with Gasteiger partial charge in [0.2, 0.25) is 0 Å². The van der Waals surface area contributed by atoms with Gasteiger partial charge in [-0.2, -0.15) is 8.78 Å². The van der Waals surface area contributed by atoms with Gasteiger partial charge in [-0.05, 0) is 18.6 Å². The van der Waals surface area contributed by atoms with E-state index in [-0.39, 0.29) is 0 Å². The third-order valence-electron chi connectivity index (χ3n) is 2.69. The van der Waals surface area contributed by atoms with Crippen LogP contribution in [0.3, 0.4) is 0 Å². The van der Waals surface area contributed by atoms with E-state index in [9.17, 15) is 8.78 Å². The lowest BCUT2D eigenvalue weighted by atomic mass is 10.0. The molecule has 0 saturated heterocycles. The van der Waals surface area contributed by atoms with E-state index >= 15 is 0 Å². The van der Waals surface area contributed by atoms with E-state index in [1.807, 2.05) is 30.3 Å². The monoisotopic (exact) mass is 311 g/mol. The zero-order valence-electron chi connectivity index (χ0n) is 9.78. The highest BCUT2D eigenvalue weighted by atomic mass is 79.9. The number of hydrogen-bond acceptors (Lipinski definition) is 1. The Morgan fingerprint density at radius 1 is 1.28 bits per heavy atom. The highest BCUT2D eigenvalue weighted by Crippen LogP contribution is 2.32. The van der Waals surface area contributed by atoms with Crippen LogP contribution in [0, 0.1) is 0 Å². The Hall–Kier alpha value is -1.29. The molecule has 1 aliphatic carbocycles. The van der Waals surface area contributed by atoms with Crippen molar-refractivity contribution < 1.29 is 8.78 Å². The molecule has 1 nitrogen and oxygen atoms in total. The molecule has 18 heavy (non-hydrogen) atoms. The van der Waals surface area contributed by atoms with Crippen molar-refractivity contribution in [2.75, 3.05) is 0 Å². The minimum Gasteiger partial charge on any atom is -0.275 e. The molecule has 0 radical (unpaired) electrons. The first-order valence-electron chi connectivity index (χ1n) is 5.53. The number of alkyl halides is 2. The summed E-state index contributed by atoms with van der Waals surface area (Å²) in [6.07, 6.45) is 3.90. The van der Waals surface area contributed by atoms with Crippen LogP contribution in [0.5, 0.6) is 0 Å². The second-order valence-corrected chi connectivity index (χ2v) is 5.00. The van der Waals surface area contributed by atoms with E-state index in [4.69, 9.17) is 0 Å². The molecule has 0 amide bonds. The van der Waals surface area contributed by atoms with Gasteiger partial charge in [0.25, 0.3) is 5.92 Å². The maximum absolute atomic E-state index is 13.7. The van der Waals surface area contributed by atoms with Crippen LogP contribution < -0.4 is 0 Å². The Labute approximate surface area is 113 Å². The third-order valence-corrected chi connectivity index (χ3v) is 3.18. The summed E-state index contributed by atoms with van der Waals surface area (Å²) in [5.74, 6) is -2.95. The maximum atomic E-state index is 13.7. The molecular weight excluding hydrogens is 300 g/mol. The molecule has 0 bridgehead atoms. The molecule has 0 spiro atoms. The molecule has 1 aromatic carbocycles. The molecule has 0 fully saturated rings. The lowest BCUT2D eigenvalue weighted by molar-refractivity contribution is 0.0409. The van der Waals surface area contributed by atoms with Crippen LogP contribution in [0.4, 0.5) is 8.78 Å². The molecule has 4 heteroatoms. The van der Waals surface area contributed by atoms with Crippen molar-refractivity contribution in [3.8, 4) is 0 Å². The molecule has 1 unspecified atom stereocenters. The van der Waals surface area contributed by atoms with Crippen LogP contribution in [-0.4, -0.2) is 17.7 Å². The van der Waals surface area contributed by atoms with Gasteiger partial charge in [0.1, 0.15) is 6.04 Å². The van der Waals surface area contributed by atoms with Gasteiger partial charge in [-0.3, -0.25) is 4.99 Å². The molecule has 1 aromatic rings. The highest BCUT2D eigenvalue weighted by molar-refractivity contribution is 9.11. The van der Waals surface area contributed by atoms with Gasteiger partial charge in [-0.25, -0.2) is 0 Å². The molecule has 0 aromatic heterocycles. The van der Waals surface area contributed by atoms with Crippen LogP contribution in [0.25, 0.3) is 0 Å². The highest BCUT2D eigenvalue weighted by Gasteiger charge is 2.37. The van der Waals surface area contributed by atoms with Crippen LogP contribution in [-0.2, 0) is 0 Å². The average molecular weight is 312 g/mol. The van der Waals surface area contributed by atoms with Gasteiger partial charge in [0, 0.05) is 16.3 Å². The molecule has 1 atom stereocenters. The van der Waals surface area contributed by atoms with E-state index in [2.05, 4.69) is 20.9 Å². The first-order valence-corrected chi connectivity index (χ1v) is 6.32. The molecule has 1 aliphatic rings. The molecule has 0 N–H and O–H groups in total. The molecule has 2 rings (SSSR count). The molecule has 0 heterocycles. The first kappa shape index (κ1) is 13.1. The van der Waals surface area contributed by atoms with Crippen LogP contribution in [0.15, 0.2) is 58.0 Å². The van der Waals surface area contributed by atoms with Crippen molar-refractivity contribution in [2.45, 2.75) is 18.9 Å². The Bertz CT molecular complexity index is 518. The number of halogens is 3. The Kier molecular flexibility index (Phi) is 3.76. The van der Waals surface area contributed by atoms with Gasteiger partial charge in [0.15, 0.2) is 0 Å². The molecule has 0 aliphatic heterocycles. The molecule has 0 saturated carbocycles. The fraction of sp³-hybridized carbons (Fsp3) is 0.214. The van der Waals surface area contributed by atoms with E-state index in [1.165, 1.54) is 6.08 Å². The summed E-state index contributed by atoms with van der Waals surface area (Å²) < 4.78 is 27.8. The van der Waals surface area contributed by atoms with E-state index < -0.39 is 12.0 Å². The van der Waals surface area contributed by atoms with Crippen LogP contribution >= 0.6 is 15.9 Å². The molecular formula is C14H12BrF2N. The van der Waals surface area contributed by atoms with Crippen molar-refractivity contribution in [1.82, 2.24) is 0 Å². The number of allylic oxidation sites excluding steroid dienone is 2. The Morgan fingerprint density at radius 2 is 1.94 bits per heavy atom. The number of aliphatic imine (C=N–C) groups is 1. The fourth-order valence-corrected chi connectivity index (χ4v) is 2.18. The topological polar surface area (TPSA) is 12.4 Å². The SMILES string of the molecule is CC(=NC1C=CC(Br)=CC1(F)F)c1ccccc1. The summed E-state index contributed by atoms with van der Waals surface area (Å²) in [6.45, 7) is 1.74. The largest absolute Gasteiger partial charge is 0.293 e. The number of rotatable bonds is 2. The minimum atomic E-state index is -2.95. The van der Waals surface area contributed by atoms with Gasteiger partial charge in [0.05, 0.1) is 0 Å². The van der Waals surface area contributed by atoms with E-state index in [0.29, 0.717) is 10.2 Å². The maximum Gasteiger partial charge on any atom is 0.293 e. The van der Waals surface area contributed by atoms with Crippen LogP contribution in [0.1, 0.15) is 12.5 Å². The van der Waals surface area contributed by atoms with Gasteiger partial charge in [-0.1, -0.05) is 52.3 Å². The summed E-state index contributed by atoms with van der Waals surface area (Å²) in [5.41, 5.74) is 1.46. The minimum absolute atomic E-state index is 0.385. The quantitative estimate of drug-likeness (QED) is 0.720. The predicted octanol–water partition coefficient (Wildman–Crippen LogP) is 4.35. The number of benzene rings is 1. The van der Waals surface area contributed by atoms with Crippen molar-refractivity contribution in [2.24, 2.45) is 4.99 Å². The fourth-order valence-electron chi connectivity index (χ4n) is 1.72. The lowest BCUT2D eigenvalue weighted by Gasteiger charge is -2.22. The number of hydrogen-bond donors (Lipinski definition) is 0. The first-order chi connectivity index (χ1) is 8.49. The van der Waals surface area contributed by atoms with Gasteiger partial charge < -0.3 is 0 Å². The zero-order chi connectivity index (χ0) is 13.2. The van der Waals surface area contributed by atoms with Crippen molar-refractivity contribution in [3.05, 3.63) is 58.6 Å². The van der Waals surface area contributed by atoms with Crippen molar-refractivity contribution in [3.63, 3.8) is 0 Å². The second-order valence-electron chi connectivity index (χ2n) is 4.09. The predicted molar refractivity (Wildman–Crippen MR) is 73.5 cm³/mol. The van der Waals surface area contributed by atoms with Crippen molar-refractivity contribution >= 4 is 21.6 Å². The number of nitrogens with zero attached hydrogens (tertiary/aromatic N) is 1. The summed E-state index contributed by atoms with van der Waals surface area (Å²) in [6, 6.07) is 8.18. The van der Waals surface area contributed by atoms with Gasteiger partial charge in [-0.15, -0.1) is 0 Å².